The molecule has 0 atom stereocenters. The lowest BCUT2D eigenvalue weighted by Gasteiger charge is -2.26. The van der Waals surface area contributed by atoms with Gasteiger partial charge in [0.25, 0.3) is 10.0 Å². The van der Waals surface area contributed by atoms with Crippen LogP contribution in [-0.2, 0) is 20.6 Å². The molecule has 5 nitrogen and oxygen atoms in total. The Bertz CT molecular complexity index is 1220. The van der Waals surface area contributed by atoms with Crippen LogP contribution >= 0.6 is 23.4 Å². The van der Waals surface area contributed by atoms with Gasteiger partial charge in [0.05, 0.1) is 10.6 Å². The summed E-state index contributed by atoms with van der Waals surface area (Å²) in [7, 11) is -3.90. The molecular formula is C26H29ClN2O3S2. The second-order valence-corrected chi connectivity index (χ2v) is 11.4. The van der Waals surface area contributed by atoms with Crippen LogP contribution in [0.4, 0.5) is 5.69 Å². The van der Waals surface area contributed by atoms with Gasteiger partial charge in [-0.1, -0.05) is 59.6 Å². The Kier molecular flexibility index (Phi) is 9.45. The Hall–Kier alpha value is -2.48. The average molecular weight is 517 g/mol. The van der Waals surface area contributed by atoms with Crippen molar-refractivity contribution in [1.82, 2.24) is 5.32 Å². The second-order valence-electron chi connectivity index (χ2n) is 8.00. The number of amides is 1. The van der Waals surface area contributed by atoms with Crippen LogP contribution in [0, 0.1) is 13.8 Å². The Labute approximate surface area is 211 Å². The van der Waals surface area contributed by atoms with E-state index in [-0.39, 0.29) is 17.3 Å². The number of benzene rings is 3. The van der Waals surface area contributed by atoms with Crippen LogP contribution in [-0.4, -0.2) is 33.2 Å². The fourth-order valence-electron chi connectivity index (χ4n) is 3.51. The summed E-state index contributed by atoms with van der Waals surface area (Å²) in [5, 5.41) is 3.59. The normalized spacial score (nSPS) is 11.3. The zero-order valence-electron chi connectivity index (χ0n) is 19.3. The SMILES string of the molecule is Cc1ccc(N(CC(=O)NCCCSCc2cccc(Cl)c2)S(=O)(=O)c2ccccc2)c(C)c1. The summed E-state index contributed by atoms with van der Waals surface area (Å²) in [5.74, 6) is 1.39. The van der Waals surface area contributed by atoms with Crippen molar-refractivity contribution in [3.05, 3.63) is 94.5 Å². The quantitative estimate of drug-likeness (QED) is 0.337. The van der Waals surface area contributed by atoms with E-state index in [1.807, 2.05) is 50.2 Å². The van der Waals surface area contributed by atoms with Crippen molar-refractivity contribution in [2.75, 3.05) is 23.1 Å². The molecule has 0 spiro atoms. The number of halogens is 1. The molecule has 0 saturated heterocycles. The minimum atomic E-state index is -3.90. The molecule has 0 heterocycles. The number of carbonyl (C=O) groups is 1. The number of nitrogens with one attached hydrogen (secondary N) is 1. The summed E-state index contributed by atoms with van der Waals surface area (Å²) in [4.78, 5) is 12.9. The van der Waals surface area contributed by atoms with Crippen molar-refractivity contribution in [3.8, 4) is 0 Å². The van der Waals surface area contributed by atoms with Crippen molar-refractivity contribution >= 4 is 45.0 Å². The van der Waals surface area contributed by atoms with E-state index in [4.69, 9.17) is 11.6 Å². The molecule has 34 heavy (non-hydrogen) atoms. The molecule has 1 amide bonds. The first-order valence-corrected chi connectivity index (χ1v) is 14.0. The van der Waals surface area contributed by atoms with Crippen LogP contribution in [0.1, 0.15) is 23.1 Å². The van der Waals surface area contributed by atoms with Gasteiger partial charge in [0, 0.05) is 17.3 Å². The number of hydrogen-bond acceptors (Lipinski definition) is 4. The Balaban J connectivity index is 1.60. The molecule has 0 aliphatic rings. The maximum Gasteiger partial charge on any atom is 0.264 e. The standard InChI is InChI=1S/C26H29ClN2O3S2/c1-20-12-13-25(21(2)16-20)29(34(31,32)24-10-4-3-5-11-24)18-26(30)28-14-7-15-33-19-22-8-6-9-23(27)17-22/h3-6,8-13,16-17H,7,14-15,18-19H2,1-2H3,(H,28,30). The zero-order chi connectivity index (χ0) is 24.6. The largest absolute Gasteiger partial charge is 0.354 e. The average Bonchev–Trinajstić information content (AvgIpc) is 2.81. The summed E-state index contributed by atoms with van der Waals surface area (Å²) >= 11 is 7.78. The summed E-state index contributed by atoms with van der Waals surface area (Å²) in [5.41, 5.74) is 3.49. The zero-order valence-corrected chi connectivity index (χ0v) is 21.7. The first-order chi connectivity index (χ1) is 16.3. The molecule has 3 aromatic carbocycles. The molecule has 180 valence electrons. The lowest BCUT2D eigenvalue weighted by Crippen LogP contribution is -2.41. The van der Waals surface area contributed by atoms with Gasteiger partial charge < -0.3 is 5.32 Å². The molecule has 0 aliphatic carbocycles. The smallest absolute Gasteiger partial charge is 0.264 e. The van der Waals surface area contributed by atoms with Crippen LogP contribution in [0.25, 0.3) is 0 Å². The number of aryl methyl sites for hydroxylation is 2. The van der Waals surface area contributed by atoms with Crippen molar-refractivity contribution in [2.45, 2.75) is 30.9 Å². The van der Waals surface area contributed by atoms with E-state index in [0.29, 0.717) is 12.2 Å². The topological polar surface area (TPSA) is 66.5 Å². The van der Waals surface area contributed by atoms with E-state index in [1.165, 1.54) is 4.31 Å². The lowest BCUT2D eigenvalue weighted by molar-refractivity contribution is -0.119. The summed E-state index contributed by atoms with van der Waals surface area (Å²) in [6, 6.07) is 21.5. The van der Waals surface area contributed by atoms with Gasteiger partial charge in [0.2, 0.25) is 5.91 Å². The molecule has 8 heteroatoms. The van der Waals surface area contributed by atoms with Crippen molar-refractivity contribution < 1.29 is 13.2 Å². The number of thioether (sulfide) groups is 1. The van der Waals surface area contributed by atoms with E-state index in [0.717, 1.165) is 39.6 Å². The maximum absolute atomic E-state index is 13.4. The molecule has 3 aromatic rings. The summed E-state index contributed by atoms with van der Waals surface area (Å²) in [6.07, 6.45) is 0.784. The van der Waals surface area contributed by atoms with Gasteiger partial charge in [-0.15, -0.1) is 0 Å². The van der Waals surface area contributed by atoms with Crippen LogP contribution in [0.15, 0.2) is 77.7 Å². The van der Waals surface area contributed by atoms with Crippen molar-refractivity contribution in [2.24, 2.45) is 0 Å². The predicted octanol–water partition coefficient (Wildman–Crippen LogP) is 5.59. The molecule has 0 aromatic heterocycles. The third-order valence-electron chi connectivity index (χ3n) is 5.18. The van der Waals surface area contributed by atoms with E-state index >= 15 is 0 Å². The fraction of sp³-hybridized carbons (Fsp3) is 0.269. The van der Waals surface area contributed by atoms with Gasteiger partial charge in [-0.2, -0.15) is 11.8 Å². The fourth-order valence-corrected chi connectivity index (χ4v) is 6.14. The highest BCUT2D eigenvalue weighted by Gasteiger charge is 2.28. The third-order valence-corrected chi connectivity index (χ3v) is 8.31. The molecule has 0 bridgehead atoms. The predicted molar refractivity (Wildman–Crippen MR) is 142 cm³/mol. The number of rotatable bonds is 11. The number of sulfonamides is 1. The molecule has 1 N–H and O–H groups in total. The minimum Gasteiger partial charge on any atom is -0.354 e. The summed E-state index contributed by atoms with van der Waals surface area (Å²) in [6.45, 7) is 4.00. The molecule has 0 unspecified atom stereocenters. The third kappa shape index (κ3) is 7.26. The number of hydrogen-bond donors (Lipinski definition) is 1. The number of carbonyl (C=O) groups excluding carboxylic acids is 1. The van der Waals surface area contributed by atoms with Gasteiger partial charge in [-0.3, -0.25) is 9.10 Å². The maximum atomic E-state index is 13.4. The lowest BCUT2D eigenvalue weighted by atomic mass is 10.1. The van der Waals surface area contributed by atoms with Crippen LogP contribution in [0.5, 0.6) is 0 Å². The van der Waals surface area contributed by atoms with Gasteiger partial charge in [-0.25, -0.2) is 8.42 Å². The Morgan fingerprint density at radius 1 is 1.00 bits per heavy atom. The highest BCUT2D eigenvalue weighted by atomic mass is 35.5. The number of nitrogens with zero attached hydrogens (tertiary/aromatic N) is 1. The molecule has 3 rings (SSSR count). The highest BCUT2D eigenvalue weighted by Crippen LogP contribution is 2.27. The van der Waals surface area contributed by atoms with Crippen molar-refractivity contribution in [1.29, 1.82) is 0 Å². The Morgan fingerprint density at radius 2 is 1.76 bits per heavy atom. The van der Waals surface area contributed by atoms with E-state index in [9.17, 15) is 13.2 Å². The molecule has 0 aliphatic heterocycles. The molecule has 0 radical (unpaired) electrons. The van der Waals surface area contributed by atoms with Crippen LogP contribution in [0.3, 0.4) is 0 Å². The second kappa shape index (κ2) is 12.3. The van der Waals surface area contributed by atoms with Gasteiger partial charge in [0.1, 0.15) is 6.54 Å². The monoisotopic (exact) mass is 516 g/mol. The number of anilines is 1. The molecular weight excluding hydrogens is 488 g/mol. The van der Waals surface area contributed by atoms with Gasteiger partial charge in [-0.05, 0) is 67.5 Å². The first-order valence-electron chi connectivity index (χ1n) is 11.0. The minimum absolute atomic E-state index is 0.153. The van der Waals surface area contributed by atoms with E-state index < -0.39 is 10.0 Å². The first kappa shape index (κ1) is 26.1. The van der Waals surface area contributed by atoms with Crippen LogP contribution in [0.2, 0.25) is 5.02 Å². The van der Waals surface area contributed by atoms with E-state index in [2.05, 4.69) is 5.32 Å². The van der Waals surface area contributed by atoms with Gasteiger partial charge in [0.15, 0.2) is 0 Å². The van der Waals surface area contributed by atoms with Crippen molar-refractivity contribution in [3.63, 3.8) is 0 Å². The van der Waals surface area contributed by atoms with Gasteiger partial charge >= 0.3 is 0 Å². The summed E-state index contributed by atoms with van der Waals surface area (Å²) < 4.78 is 28.0. The molecule has 0 saturated carbocycles. The van der Waals surface area contributed by atoms with Crippen LogP contribution < -0.4 is 9.62 Å². The van der Waals surface area contributed by atoms with E-state index in [1.54, 1.807) is 48.2 Å². The molecule has 0 fully saturated rings. The highest BCUT2D eigenvalue weighted by molar-refractivity contribution is 7.98. The Morgan fingerprint density at radius 3 is 2.47 bits per heavy atom.